The number of hydrogen-bond donors (Lipinski definition) is 0. The number of alkyl halides is 3. The van der Waals surface area contributed by atoms with Crippen molar-refractivity contribution in [1.29, 1.82) is 0 Å². The van der Waals surface area contributed by atoms with Crippen LogP contribution in [0.15, 0.2) is 12.2 Å². The number of carbonyl (C=O) groups excluding carboxylic acids is 1. The van der Waals surface area contributed by atoms with Crippen LogP contribution in [-0.2, 0) is 9.53 Å². The maximum atomic E-state index is 11.5. The largest absolute Gasteiger partial charge is 0.453 e. The Labute approximate surface area is 73.4 Å². The third-order valence-electron chi connectivity index (χ3n) is 1.50. The Kier molecular flexibility index (Phi) is 2.95. The van der Waals surface area contributed by atoms with E-state index in [1.807, 2.05) is 0 Å². The van der Waals surface area contributed by atoms with Gasteiger partial charge in [-0.15, -0.1) is 0 Å². The van der Waals surface area contributed by atoms with Crippen LogP contribution in [0, 0.1) is 5.92 Å². The first kappa shape index (κ1) is 10.1. The van der Waals surface area contributed by atoms with Crippen LogP contribution in [0.25, 0.3) is 0 Å². The molecular weight excluding hydrogens is 185 g/mol. The van der Waals surface area contributed by atoms with E-state index >= 15 is 0 Å². The minimum atomic E-state index is -4.44. The van der Waals surface area contributed by atoms with Crippen molar-refractivity contribution in [3.05, 3.63) is 12.2 Å². The molecule has 0 spiro atoms. The molecule has 0 radical (unpaired) electrons. The van der Waals surface area contributed by atoms with Crippen molar-refractivity contribution in [1.82, 2.24) is 0 Å². The summed E-state index contributed by atoms with van der Waals surface area (Å²) in [6, 6.07) is 0. The lowest BCUT2D eigenvalue weighted by Crippen LogP contribution is -2.19. The SMILES string of the molecule is O=C(/C=C/C1CC1)OCC(F)(F)F. The van der Waals surface area contributed by atoms with Gasteiger partial charge in [0.15, 0.2) is 6.61 Å². The molecule has 0 aliphatic heterocycles. The number of esters is 1. The Bertz CT molecular complexity index is 216. The predicted molar refractivity (Wildman–Crippen MR) is 38.9 cm³/mol. The fourth-order valence-corrected chi connectivity index (χ4v) is 0.704. The summed E-state index contributed by atoms with van der Waals surface area (Å²) in [6.07, 6.45) is 0.206. The molecule has 13 heavy (non-hydrogen) atoms. The van der Waals surface area contributed by atoms with Crippen molar-refractivity contribution in [2.75, 3.05) is 6.61 Å². The van der Waals surface area contributed by atoms with Gasteiger partial charge < -0.3 is 4.74 Å². The molecule has 0 unspecified atom stereocenters. The van der Waals surface area contributed by atoms with E-state index in [9.17, 15) is 18.0 Å². The van der Waals surface area contributed by atoms with Crippen LogP contribution in [0.5, 0.6) is 0 Å². The summed E-state index contributed by atoms with van der Waals surface area (Å²) < 4.78 is 38.5. The molecule has 0 N–H and O–H groups in total. The highest BCUT2D eigenvalue weighted by Gasteiger charge is 2.29. The second-order valence-corrected chi connectivity index (χ2v) is 2.92. The zero-order valence-electron chi connectivity index (χ0n) is 6.80. The fourth-order valence-electron chi connectivity index (χ4n) is 0.704. The molecule has 1 saturated carbocycles. The summed E-state index contributed by atoms with van der Waals surface area (Å²) in [4.78, 5) is 10.6. The Morgan fingerprint density at radius 2 is 2.08 bits per heavy atom. The van der Waals surface area contributed by atoms with Crippen LogP contribution in [0.1, 0.15) is 12.8 Å². The van der Waals surface area contributed by atoms with Crippen molar-refractivity contribution in [2.24, 2.45) is 5.92 Å². The minimum absolute atomic E-state index is 0.360. The smallest absolute Gasteiger partial charge is 0.422 e. The molecule has 1 fully saturated rings. The van der Waals surface area contributed by atoms with Crippen LogP contribution in [0.4, 0.5) is 13.2 Å². The molecular formula is C8H9F3O2. The van der Waals surface area contributed by atoms with Gasteiger partial charge in [0.05, 0.1) is 0 Å². The summed E-state index contributed by atoms with van der Waals surface area (Å²) in [5.74, 6) is -0.567. The van der Waals surface area contributed by atoms with Gasteiger partial charge in [0, 0.05) is 6.08 Å². The monoisotopic (exact) mass is 194 g/mol. The van der Waals surface area contributed by atoms with Crippen LogP contribution >= 0.6 is 0 Å². The van der Waals surface area contributed by atoms with Crippen molar-refractivity contribution in [2.45, 2.75) is 19.0 Å². The Hall–Kier alpha value is -1.00. The molecule has 2 nitrogen and oxygen atoms in total. The Morgan fingerprint density at radius 1 is 1.46 bits per heavy atom. The van der Waals surface area contributed by atoms with E-state index < -0.39 is 18.8 Å². The number of carbonyl (C=O) groups is 1. The van der Waals surface area contributed by atoms with Gasteiger partial charge in [-0.2, -0.15) is 13.2 Å². The van der Waals surface area contributed by atoms with E-state index in [1.54, 1.807) is 6.08 Å². The van der Waals surface area contributed by atoms with Gasteiger partial charge in [0.2, 0.25) is 0 Å². The van der Waals surface area contributed by atoms with Gasteiger partial charge in [-0.3, -0.25) is 0 Å². The van der Waals surface area contributed by atoms with Gasteiger partial charge in [-0.1, -0.05) is 6.08 Å². The highest BCUT2D eigenvalue weighted by molar-refractivity contribution is 5.82. The number of halogens is 3. The molecule has 5 heteroatoms. The lowest BCUT2D eigenvalue weighted by molar-refractivity contribution is -0.182. The Morgan fingerprint density at radius 3 is 2.54 bits per heavy atom. The minimum Gasteiger partial charge on any atom is -0.453 e. The zero-order chi connectivity index (χ0) is 9.90. The van der Waals surface area contributed by atoms with Crippen molar-refractivity contribution >= 4 is 5.97 Å². The molecule has 1 aliphatic rings. The first-order valence-corrected chi connectivity index (χ1v) is 3.89. The average Bonchev–Trinajstić information content (AvgIpc) is 2.78. The van der Waals surface area contributed by atoms with E-state index in [0.717, 1.165) is 18.9 Å². The maximum absolute atomic E-state index is 11.5. The van der Waals surface area contributed by atoms with Gasteiger partial charge in [-0.25, -0.2) is 4.79 Å². The summed E-state index contributed by atoms with van der Waals surface area (Å²) in [7, 11) is 0. The molecule has 0 aromatic heterocycles. The second kappa shape index (κ2) is 3.81. The van der Waals surface area contributed by atoms with E-state index in [4.69, 9.17) is 0 Å². The fraction of sp³-hybridized carbons (Fsp3) is 0.625. The van der Waals surface area contributed by atoms with E-state index in [0.29, 0.717) is 5.92 Å². The first-order chi connectivity index (χ1) is 5.97. The standard InChI is InChI=1S/C8H9F3O2/c9-8(10,11)5-13-7(12)4-3-6-1-2-6/h3-4,6H,1-2,5H2/b4-3+. The molecule has 0 bridgehead atoms. The topological polar surface area (TPSA) is 26.3 Å². The maximum Gasteiger partial charge on any atom is 0.422 e. The van der Waals surface area contributed by atoms with Gasteiger partial charge in [-0.05, 0) is 18.8 Å². The van der Waals surface area contributed by atoms with Crippen LogP contribution in [0.3, 0.4) is 0 Å². The van der Waals surface area contributed by atoms with Crippen molar-refractivity contribution in [3.63, 3.8) is 0 Å². The van der Waals surface area contributed by atoms with Crippen molar-refractivity contribution < 1.29 is 22.7 Å². The summed E-state index contributed by atoms with van der Waals surface area (Å²) in [5.41, 5.74) is 0. The molecule has 0 aromatic carbocycles. The normalized spacial score (nSPS) is 17.8. The number of hydrogen-bond acceptors (Lipinski definition) is 2. The molecule has 1 rings (SSSR count). The summed E-state index contributed by atoms with van der Waals surface area (Å²) in [6.45, 7) is -1.51. The highest BCUT2D eigenvalue weighted by Crippen LogP contribution is 2.29. The van der Waals surface area contributed by atoms with Gasteiger partial charge in [0.25, 0.3) is 0 Å². The number of allylic oxidation sites excluding steroid dienone is 1. The quantitative estimate of drug-likeness (QED) is 0.507. The molecule has 0 atom stereocenters. The van der Waals surface area contributed by atoms with Gasteiger partial charge >= 0.3 is 12.1 Å². The average molecular weight is 194 g/mol. The number of rotatable bonds is 3. The van der Waals surface area contributed by atoms with E-state index in [-0.39, 0.29) is 0 Å². The molecule has 0 amide bonds. The molecule has 0 saturated heterocycles. The van der Waals surface area contributed by atoms with Crippen LogP contribution in [0.2, 0.25) is 0 Å². The van der Waals surface area contributed by atoms with Crippen LogP contribution in [-0.4, -0.2) is 18.8 Å². The number of ether oxygens (including phenoxy) is 1. The van der Waals surface area contributed by atoms with Gasteiger partial charge in [0.1, 0.15) is 0 Å². The molecule has 0 heterocycles. The lowest BCUT2D eigenvalue weighted by atomic mass is 10.4. The highest BCUT2D eigenvalue weighted by atomic mass is 19.4. The lowest BCUT2D eigenvalue weighted by Gasteiger charge is -2.04. The molecule has 74 valence electrons. The Balaban J connectivity index is 2.17. The van der Waals surface area contributed by atoms with Crippen molar-refractivity contribution in [3.8, 4) is 0 Å². The summed E-state index contributed by atoms with van der Waals surface area (Å²) in [5, 5.41) is 0. The zero-order valence-corrected chi connectivity index (χ0v) is 6.80. The molecule has 0 aromatic rings. The first-order valence-electron chi connectivity index (χ1n) is 3.89. The third kappa shape index (κ3) is 5.27. The third-order valence-corrected chi connectivity index (χ3v) is 1.50. The predicted octanol–water partition coefficient (Wildman–Crippen LogP) is 2.06. The van der Waals surface area contributed by atoms with E-state index in [2.05, 4.69) is 4.74 Å². The van der Waals surface area contributed by atoms with E-state index in [1.165, 1.54) is 0 Å². The van der Waals surface area contributed by atoms with Crippen LogP contribution < -0.4 is 0 Å². The molecule has 1 aliphatic carbocycles. The summed E-state index contributed by atoms with van der Waals surface area (Å²) >= 11 is 0. The second-order valence-electron chi connectivity index (χ2n) is 2.92.